The molecule has 0 aliphatic rings. The predicted molar refractivity (Wildman–Crippen MR) is 79.0 cm³/mol. The molecule has 0 saturated carbocycles. The number of anilines is 1. The first kappa shape index (κ1) is 13.6. The molecule has 0 fully saturated rings. The van der Waals surface area contributed by atoms with E-state index in [1.54, 1.807) is 24.3 Å². The van der Waals surface area contributed by atoms with Gasteiger partial charge < -0.3 is 5.32 Å². The highest BCUT2D eigenvalue weighted by Gasteiger charge is 2.05. The molecule has 1 N–H and O–H groups in total. The number of pyridine rings is 1. The molecule has 2 aromatic heterocycles. The first-order valence-corrected chi connectivity index (χ1v) is 7.15. The summed E-state index contributed by atoms with van der Waals surface area (Å²) in [7, 11) is 0. The van der Waals surface area contributed by atoms with E-state index in [1.807, 2.05) is 5.38 Å². The van der Waals surface area contributed by atoms with Crippen LogP contribution in [-0.4, -0.2) is 9.97 Å². The molecule has 0 aliphatic heterocycles. The Morgan fingerprint density at radius 1 is 1.00 bits per heavy atom. The number of nitrogens with zero attached hydrogens (tertiary/aromatic N) is 2. The summed E-state index contributed by atoms with van der Waals surface area (Å²) in [6, 6.07) is 10.8. The lowest BCUT2D eigenvalue weighted by Gasteiger charge is -2.02. The van der Waals surface area contributed by atoms with Crippen LogP contribution in [0.5, 0.6) is 0 Å². The molecule has 3 aromatic rings. The molecular formula is C15H11F2N3S. The molecule has 2 heterocycles. The van der Waals surface area contributed by atoms with Crippen molar-refractivity contribution >= 4 is 17.2 Å². The zero-order valence-corrected chi connectivity index (χ0v) is 11.7. The van der Waals surface area contributed by atoms with Gasteiger partial charge in [0.15, 0.2) is 0 Å². The predicted octanol–water partition coefficient (Wildman–Crippen LogP) is 4.10. The molecule has 0 saturated heterocycles. The van der Waals surface area contributed by atoms with E-state index in [1.165, 1.54) is 29.5 Å². The van der Waals surface area contributed by atoms with E-state index >= 15 is 0 Å². The molecule has 0 aliphatic carbocycles. The Kier molecular flexibility index (Phi) is 3.87. The number of halogens is 2. The quantitative estimate of drug-likeness (QED) is 0.738. The number of benzene rings is 1. The lowest BCUT2D eigenvalue weighted by molar-refractivity contribution is 0.585. The van der Waals surface area contributed by atoms with Crippen molar-refractivity contribution in [2.45, 2.75) is 6.54 Å². The lowest BCUT2D eigenvalue weighted by Crippen LogP contribution is -2.02. The second-order valence-corrected chi connectivity index (χ2v) is 5.21. The summed E-state index contributed by atoms with van der Waals surface area (Å²) in [5.74, 6) is -0.328. The summed E-state index contributed by atoms with van der Waals surface area (Å²) < 4.78 is 25.8. The van der Waals surface area contributed by atoms with Crippen LogP contribution in [0.4, 0.5) is 14.6 Å². The Hall–Kier alpha value is -2.34. The van der Waals surface area contributed by atoms with E-state index in [2.05, 4.69) is 15.3 Å². The van der Waals surface area contributed by atoms with Crippen LogP contribution >= 0.6 is 11.3 Å². The van der Waals surface area contributed by atoms with Crippen LogP contribution in [0.15, 0.2) is 47.8 Å². The van der Waals surface area contributed by atoms with Gasteiger partial charge in [0, 0.05) is 10.9 Å². The Balaban J connectivity index is 1.69. The number of hydrogen-bond donors (Lipinski definition) is 1. The summed E-state index contributed by atoms with van der Waals surface area (Å²) in [6.07, 6.45) is 0. The Morgan fingerprint density at radius 3 is 2.57 bits per heavy atom. The van der Waals surface area contributed by atoms with Gasteiger partial charge in [0.25, 0.3) is 0 Å². The number of nitrogens with one attached hydrogen (secondary N) is 1. The number of thiazole rings is 1. The summed E-state index contributed by atoms with van der Waals surface area (Å²) in [4.78, 5) is 8.18. The fourth-order valence-electron chi connectivity index (χ4n) is 1.80. The van der Waals surface area contributed by atoms with Crippen molar-refractivity contribution in [1.82, 2.24) is 9.97 Å². The van der Waals surface area contributed by atoms with E-state index in [0.29, 0.717) is 12.4 Å². The van der Waals surface area contributed by atoms with E-state index in [9.17, 15) is 8.78 Å². The second kappa shape index (κ2) is 5.97. The molecule has 0 amide bonds. The smallest absolute Gasteiger partial charge is 0.214 e. The Bertz CT molecular complexity index is 741. The van der Waals surface area contributed by atoms with Gasteiger partial charge >= 0.3 is 0 Å². The SMILES string of the molecule is Fc1ccc(-c2nc(CNc3cccc(F)n3)cs2)cc1. The van der Waals surface area contributed by atoms with Gasteiger partial charge in [-0.15, -0.1) is 11.3 Å². The van der Waals surface area contributed by atoms with Gasteiger partial charge in [-0.1, -0.05) is 6.07 Å². The van der Waals surface area contributed by atoms with Gasteiger partial charge in [-0.3, -0.25) is 0 Å². The molecule has 3 rings (SSSR count). The summed E-state index contributed by atoms with van der Waals surface area (Å²) >= 11 is 1.48. The molecule has 0 spiro atoms. The zero-order chi connectivity index (χ0) is 14.7. The van der Waals surface area contributed by atoms with E-state index < -0.39 is 5.95 Å². The molecule has 3 nitrogen and oxygen atoms in total. The molecule has 0 unspecified atom stereocenters. The second-order valence-electron chi connectivity index (χ2n) is 4.35. The third kappa shape index (κ3) is 3.41. The van der Waals surface area contributed by atoms with Crippen LogP contribution < -0.4 is 5.32 Å². The molecule has 6 heteroatoms. The van der Waals surface area contributed by atoms with Crippen molar-refractivity contribution in [1.29, 1.82) is 0 Å². The molecule has 0 bridgehead atoms. The number of aromatic nitrogens is 2. The van der Waals surface area contributed by atoms with Crippen molar-refractivity contribution in [3.05, 3.63) is 65.3 Å². The van der Waals surface area contributed by atoms with Crippen LogP contribution in [0, 0.1) is 11.8 Å². The highest BCUT2D eigenvalue weighted by Crippen LogP contribution is 2.24. The van der Waals surface area contributed by atoms with E-state index in [-0.39, 0.29) is 5.82 Å². The zero-order valence-electron chi connectivity index (χ0n) is 10.9. The van der Waals surface area contributed by atoms with Crippen molar-refractivity contribution in [3.63, 3.8) is 0 Å². The lowest BCUT2D eigenvalue weighted by atomic mass is 10.2. The number of hydrogen-bond acceptors (Lipinski definition) is 4. The molecule has 0 radical (unpaired) electrons. The average Bonchev–Trinajstić information content (AvgIpc) is 2.95. The van der Waals surface area contributed by atoms with Crippen LogP contribution in [0.3, 0.4) is 0 Å². The maximum absolute atomic E-state index is 13.0. The largest absolute Gasteiger partial charge is 0.364 e. The normalized spacial score (nSPS) is 10.6. The third-order valence-corrected chi connectivity index (χ3v) is 3.75. The third-order valence-electron chi connectivity index (χ3n) is 2.81. The van der Waals surface area contributed by atoms with Crippen molar-refractivity contribution in [3.8, 4) is 10.6 Å². The Labute approximate surface area is 124 Å². The maximum atomic E-state index is 13.0. The molecular weight excluding hydrogens is 292 g/mol. The monoisotopic (exact) mass is 303 g/mol. The van der Waals surface area contributed by atoms with Crippen LogP contribution in [0.1, 0.15) is 5.69 Å². The minimum Gasteiger partial charge on any atom is -0.364 e. The van der Waals surface area contributed by atoms with Crippen LogP contribution in [0.2, 0.25) is 0 Å². The van der Waals surface area contributed by atoms with Gasteiger partial charge in [0.2, 0.25) is 5.95 Å². The summed E-state index contributed by atoms with van der Waals surface area (Å²) in [6.45, 7) is 0.453. The van der Waals surface area contributed by atoms with Gasteiger partial charge in [-0.2, -0.15) is 4.39 Å². The highest BCUT2D eigenvalue weighted by atomic mass is 32.1. The van der Waals surface area contributed by atoms with Crippen molar-refractivity contribution in [2.24, 2.45) is 0 Å². The van der Waals surface area contributed by atoms with E-state index in [4.69, 9.17) is 0 Å². The van der Waals surface area contributed by atoms with E-state index in [0.717, 1.165) is 16.3 Å². The maximum Gasteiger partial charge on any atom is 0.214 e. The van der Waals surface area contributed by atoms with Crippen LogP contribution in [0.25, 0.3) is 10.6 Å². The van der Waals surface area contributed by atoms with Crippen LogP contribution in [-0.2, 0) is 6.54 Å². The van der Waals surface area contributed by atoms with Crippen molar-refractivity contribution in [2.75, 3.05) is 5.32 Å². The Morgan fingerprint density at radius 2 is 1.81 bits per heavy atom. The fourth-order valence-corrected chi connectivity index (χ4v) is 2.63. The highest BCUT2D eigenvalue weighted by molar-refractivity contribution is 7.13. The fraction of sp³-hybridized carbons (Fsp3) is 0.0667. The first-order chi connectivity index (χ1) is 10.2. The minimum absolute atomic E-state index is 0.269. The first-order valence-electron chi connectivity index (χ1n) is 6.27. The number of rotatable bonds is 4. The summed E-state index contributed by atoms with van der Waals surface area (Å²) in [5.41, 5.74) is 1.70. The topological polar surface area (TPSA) is 37.8 Å². The molecule has 106 valence electrons. The molecule has 0 atom stereocenters. The average molecular weight is 303 g/mol. The molecule has 21 heavy (non-hydrogen) atoms. The van der Waals surface area contributed by atoms with Gasteiger partial charge in [-0.05, 0) is 36.4 Å². The van der Waals surface area contributed by atoms with Gasteiger partial charge in [-0.25, -0.2) is 14.4 Å². The summed E-state index contributed by atoms with van der Waals surface area (Å²) in [5, 5.41) is 5.73. The van der Waals surface area contributed by atoms with Gasteiger partial charge in [0.05, 0.1) is 12.2 Å². The molecule has 1 aromatic carbocycles. The van der Waals surface area contributed by atoms with Crippen molar-refractivity contribution < 1.29 is 8.78 Å². The standard InChI is InChI=1S/C15H11F2N3S/c16-11-6-4-10(5-7-11)15-19-12(9-21-15)8-18-14-3-1-2-13(17)20-14/h1-7,9H,8H2,(H,18,20). The van der Waals surface area contributed by atoms with Gasteiger partial charge in [0.1, 0.15) is 16.6 Å². The minimum atomic E-state index is -0.523.